The van der Waals surface area contributed by atoms with Crippen molar-refractivity contribution in [1.29, 1.82) is 0 Å². The molecule has 0 aromatic heterocycles. The number of piperidine rings is 1. The predicted octanol–water partition coefficient (Wildman–Crippen LogP) is 2.48. The van der Waals surface area contributed by atoms with Crippen LogP contribution in [0.3, 0.4) is 0 Å². The normalized spacial score (nSPS) is 17.9. The molecule has 2 N–H and O–H groups in total. The van der Waals surface area contributed by atoms with Crippen molar-refractivity contribution in [2.45, 2.75) is 19.8 Å². The number of carbonyl (C=O) groups excluding carboxylic acids is 1. The SMILES string of the molecule is CCOc1c(Cl)cc(C(=O)NCC2CCCNC2)cc1OC. The van der Waals surface area contributed by atoms with Gasteiger partial charge in [-0.05, 0) is 50.9 Å². The van der Waals surface area contributed by atoms with Gasteiger partial charge in [-0.25, -0.2) is 0 Å². The number of methoxy groups -OCH3 is 1. The van der Waals surface area contributed by atoms with Gasteiger partial charge in [0.05, 0.1) is 18.7 Å². The third-order valence-electron chi connectivity index (χ3n) is 3.73. The number of ether oxygens (including phenoxy) is 2. The van der Waals surface area contributed by atoms with E-state index in [1.54, 1.807) is 12.1 Å². The highest BCUT2D eigenvalue weighted by Crippen LogP contribution is 2.36. The van der Waals surface area contributed by atoms with Gasteiger partial charge in [0, 0.05) is 12.1 Å². The highest BCUT2D eigenvalue weighted by Gasteiger charge is 2.18. The van der Waals surface area contributed by atoms with Crippen LogP contribution < -0.4 is 20.1 Å². The van der Waals surface area contributed by atoms with Gasteiger partial charge in [-0.3, -0.25) is 4.79 Å². The lowest BCUT2D eigenvalue weighted by atomic mass is 9.99. The zero-order valence-electron chi connectivity index (χ0n) is 13.1. The average molecular weight is 327 g/mol. The summed E-state index contributed by atoms with van der Waals surface area (Å²) in [6.45, 7) is 5.04. The highest BCUT2D eigenvalue weighted by molar-refractivity contribution is 6.32. The fourth-order valence-electron chi connectivity index (χ4n) is 2.57. The van der Waals surface area contributed by atoms with Gasteiger partial charge in [0.1, 0.15) is 0 Å². The van der Waals surface area contributed by atoms with Gasteiger partial charge >= 0.3 is 0 Å². The van der Waals surface area contributed by atoms with E-state index in [0.717, 1.165) is 25.9 Å². The molecule has 22 heavy (non-hydrogen) atoms. The maximum Gasteiger partial charge on any atom is 0.251 e. The molecule has 0 saturated carbocycles. The van der Waals surface area contributed by atoms with Crippen molar-refractivity contribution in [2.75, 3.05) is 33.4 Å². The number of hydrogen-bond acceptors (Lipinski definition) is 4. The Labute approximate surface area is 136 Å². The number of amides is 1. The van der Waals surface area contributed by atoms with Crippen LogP contribution in [0.5, 0.6) is 11.5 Å². The van der Waals surface area contributed by atoms with Gasteiger partial charge in [0.25, 0.3) is 5.91 Å². The molecule has 0 aliphatic carbocycles. The van der Waals surface area contributed by atoms with E-state index in [1.807, 2.05) is 6.92 Å². The van der Waals surface area contributed by atoms with Gasteiger partial charge in [-0.1, -0.05) is 11.6 Å². The fraction of sp³-hybridized carbons (Fsp3) is 0.562. The molecule has 1 saturated heterocycles. The molecule has 1 atom stereocenters. The van der Waals surface area contributed by atoms with E-state index in [1.165, 1.54) is 7.11 Å². The molecule has 122 valence electrons. The average Bonchev–Trinajstić information content (AvgIpc) is 2.55. The first-order valence-electron chi connectivity index (χ1n) is 7.65. The van der Waals surface area contributed by atoms with E-state index >= 15 is 0 Å². The summed E-state index contributed by atoms with van der Waals surface area (Å²) in [6.07, 6.45) is 2.30. The van der Waals surface area contributed by atoms with E-state index in [9.17, 15) is 4.79 Å². The van der Waals surface area contributed by atoms with E-state index < -0.39 is 0 Å². The molecule has 1 aliphatic heterocycles. The minimum atomic E-state index is -0.145. The molecule has 1 aromatic carbocycles. The van der Waals surface area contributed by atoms with E-state index in [2.05, 4.69) is 10.6 Å². The number of benzene rings is 1. The first-order chi connectivity index (χ1) is 10.7. The Morgan fingerprint density at radius 1 is 1.50 bits per heavy atom. The quantitative estimate of drug-likeness (QED) is 0.843. The van der Waals surface area contributed by atoms with Crippen molar-refractivity contribution < 1.29 is 14.3 Å². The Morgan fingerprint density at radius 3 is 2.95 bits per heavy atom. The minimum Gasteiger partial charge on any atom is -0.493 e. The number of carbonyl (C=O) groups is 1. The maximum atomic E-state index is 12.3. The summed E-state index contributed by atoms with van der Waals surface area (Å²) in [7, 11) is 1.53. The van der Waals surface area contributed by atoms with Gasteiger partial charge < -0.3 is 20.1 Å². The maximum absolute atomic E-state index is 12.3. The lowest BCUT2D eigenvalue weighted by molar-refractivity contribution is 0.0944. The number of hydrogen-bond donors (Lipinski definition) is 2. The molecular formula is C16H23ClN2O3. The second-order valence-electron chi connectivity index (χ2n) is 5.34. The van der Waals surface area contributed by atoms with Crippen LogP contribution in [0.2, 0.25) is 5.02 Å². The first kappa shape index (κ1) is 16.9. The van der Waals surface area contributed by atoms with Crippen molar-refractivity contribution in [3.63, 3.8) is 0 Å². The summed E-state index contributed by atoms with van der Waals surface area (Å²) in [6, 6.07) is 3.27. The van der Waals surface area contributed by atoms with Crippen LogP contribution >= 0.6 is 11.6 Å². The molecule has 1 unspecified atom stereocenters. The van der Waals surface area contributed by atoms with Crippen molar-refractivity contribution in [1.82, 2.24) is 10.6 Å². The molecule has 1 amide bonds. The molecule has 1 heterocycles. The molecule has 5 nitrogen and oxygen atoms in total. The summed E-state index contributed by atoms with van der Waals surface area (Å²) in [4.78, 5) is 12.3. The molecule has 1 aliphatic rings. The largest absolute Gasteiger partial charge is 0.493 e. The monoisotopic (exact) mass is 326 g/mol. The summed E-state index contributed by atoms with van der Waals surface area (Å²) in [5, 5.41) is 6.68. The molecule has 1 fully saturated rings. The third kappa shape index (κ3) is 4.27. The van der Waals surface area contributed by atoms with Crippen LogP contribution in [-0.4, -0.2) is 39.3 Å². The molecule has 1 aromatic rings. The first-order valence-corrected chi connectivity index (χ1v) is 8.02. The number of rotatable bonds is 6. The Bertz CT molecular complexity index is 516. The highest BCUT2D eigenvalue weighted by atomic mass is 35.5. The number of nitrogens with one attached hydrogen (secondary N) is 2. The van der Waals surface area contributed by atoms with Crippen molar-refractivity contribution in [3.8, 4) is 11.5 Å². The molecule has 0 radical (unpaired) electrons. The van der Waals surface area contributed by atoms with Gasteiger partial charge in [-0.2, -0.15) is 0 Å². The molecular weight excluding hydrogens is 304 g/mol. The number of halogens is 1. The predicted molar refractivity (Wildman–Crippen MR) is 87.1 cm³/mol. The molecule has 2 rings (SSSR count). The third-order valence-corrected chi connectivity index (χ3v) is 4.01. The van der Waals surface area contributed by atoms with Crippen LogP contribution in [0.15, 0.2) is 12.1 Å². The molecule has 6 heteroatoms. The second-order valence-corrected chi connectivity index (χ2v) is 5.75. The van der Waals surface area contributed by atoms with Gasteiger partial charge in [0.15, 0.2) is 11.5 Å². The lowest BCUT2D eigenvalue weighted by Crippen LogP contribution is -2.38. The van der Waals surface area contributed by atoms with Crippen molar-refractivity contribution in [2.24, 2.45) is 5.92 Å². The van der Waals surface area contributed by atoms with Crippen LogP contribution in [0.1, 0.15) is 30.1 Å². The summed E-state index contributed by atoms with van der Waals surface area (Å²) >= 11 is 6.19. The summed E-state index contributed by atoms with van der Waals surface area (Å²) < 4.78 is 10.7. The zero-order valence-corrected chi connectivity index (χ0v) is 13.8. The topological polar surface area (TPSA) is 59.6 Å². The molecule has 0 spiro atoms. The van der Waals surface area contributed by atoms with Crippen LogP contribution in [0.25, 0.3) is 0 Å². The zero-order chi connectivity index (χ0) is 15.9. The van der Waals surface area contributed by atoms with E-state index in [0.29, 0.717) is 41.2 Å². The smallest absolute Gasteiger partial charge is 0.251 e. The lowest BCUT2D eigenvalue weighted by Gasteiger charge is -2.23. The Balaban J connectivity index is 2.04. The van der Waals surface area contributed by atoms with E-state index in [4.69, 9.17) is 21.1 Å². The van der Waals surface area contributed by atoms with E-state index in [-0.39, 0.29) is 5.91 Å². The molecule has 0 bridgehead atoms. The van der Waals surface area contributed by atoms with Crippen LogP contribution in [0.4, 0.5) is 0 Å². The summed E-state index contributed by atoms with van der Waals surface area (Å²) in [5.74, 6) is 1.28. The van der Waals surface area contributed by atoms with Crippen molar-refractivity contribution in [3.05, 3.63) is 22.7 Å². The van der Waals surface area contributed by atoms with Crippen molar-refractivity contribution >= 4 is 17.5 Å². The van der Waals surface area contributed by atoms with Crippen LogP contribution in [-0.2, 0) is 0 Å². The second kappa shape index (κ2) is 8.25. The minimum absolute atomic E-state index is 0.145. The Kier molecular flexibility index (Phi) is 6.34. The van der Waals surface area contributed by atoms with Crippen LogP contribution in [0, 0.1) is 5.92 Å². The Hall–Kier alpha value is -1.46. The standard InChI is InChI=1S/C16H23ClN2O3/c1-3-22-15-13(17)7-12(8-14(15)21-2)16(20)19-10-11-5-4-6-18-9-11/h7-8,11,18H,3-6,9-10H2,1-2H3,(H,19,20). The summed E-state index contributed by atoms with van der Waals surface area (Å²) in [5.41, 5.74) is 0.481. The van der Waals surface area contributed by atoms with Gasteiger partial charge in [-0.15, -0.1) is 0 Å². The fourth-order valence-corrected chi connectivity index (χ4v) is 2.84. The Morgan fingerprint density at radius 2 is 2.32 bits per heavy atom. The van der Waals surface area contributed by atoms with Gasteiger partial charge in [0.2, 0.25) is 0 Å².